The summed E-state index contributed by atoms with van der Waals surface area (Å²) in [6, 6.07) is 1.96. The average Bonchev–Trinajstić information content (AvgIpc) is 2.58. The Morgan fingerprint density at radius 3 is 2.65 bits per heavy atom. The number of Topliss-reactive ketones (excluding diaryl/α,β-unsaturated/α-hetero) is 1. The van der Waals surface area contributed by atoms with Crippen LogP contribution in [0.4, 0.5) is 0 Å². The van der Waals surface area contributed by atoms with Gasteiger partial charge in [0.15, 0.2) is 5.78 Å². The molecule has 4 heteroatoms. The summed E-state index contributed by atoms with van der Waals surface area (Å²) in [6.07, 6.45) is 0.377. The lowest BCUT2D eigenvalue weighted by Gasteiger charge is -2.23. The highest BCUT2D eigenvalue weighted by Crippen LogP contribution is 2.15. The highest BCUT2D eigenvalue weighted by atomic mass is 16.5. The number of hydrogen-bond donors (Lipinski definition) is 0. The van der Waals surface area contributed by atoms with Crippen LogP contribution >= 0.6 is 0 Å². The average molecular weight is 238 g/mol. The van der Waals surface area contributed by atoms with Crippen molar-refractivity contribution in [3.05, 3.63) is 17.5 Å². The first kappa shape index (κ1) is 13.9. The maximum Gasteiger partial charge on any atom is 0.169 e. The number of carbonyl (C=O) groups is 1. The second-order valence-corrected chi connectivity index (χ2v) is 4.64. The fraction of sp³-hybridized carbons (Fsp3) is 0.692. The third-order valence-corrected chi connectivity index (χ3v) is 2.80. The van der Waals surface area contributed by atoms with Crippen LogP contribution in [0.1, 0.15) is 39.1 Å². The van der Waals surface area contributed by atoms with Crippen molar-refractivity contribution in [3.8, 4) is 0 Å². The van der Waals surface area contributed by atoms with Crippen molar-refractivity contribution in [1.29, 1.82) is 0 Å². The number of ketones is 1. The molecule has 0 atom stereocenters. The highest BCUT2D eigenvalue weighted by molar-refractivity contribution is 5.88. The highest BCUT2D eigenvalue weighted by Gasteiger charge is 2.28. The molecule has 0 saturated heterocycles. The molecule has 1 heterocycles. The van der Waals surface area contributed by atoms with E-state index >= 15 is 0 Å². The van der Waals surface area contributed by atoms with E-state index in [0.29, 0.717) is 13.0 Å². The second kappa shape index (κ2) is 5.45. The smallest absolute Gasteiger partial charge is 0.169 e. The molecule has 0 aliphatic heterocycles. The lowest BCUT2D eigenvalue weighted by molar-refractivity contribution is -0.139. The first-order chi connectivity index (χ1) is 7.90. The third kappa shape index (κ3) is 3.40. The molecule has 0 N–H and O–H groups in total. The van der Waals surface area contributed by atoms with Crippen molar-refractivity contribution in [2.45, 2.75) is 53.2 Å². The van der Waals surface area contributed by atoms with Gasteiger partial charge in [0.2, 0.25) is 0 Å². The zero-order chi connectivity index (χ0) is 13.1. The molecule has 0 fully saturated rings. The summed E-state index contributed by atoms with van der Waals surface area (Å²) >= 11 is 0. The van der Waals surface area contributed by atoms with Crippen LogP contribution in [0, 0.1) is 6.92 Å². The van der Waals surface area contributed by atoms with Crippen LogP contribution in [-0.2, 0) is 22.5 Å². The van der Waals surface area contributed by atoms with E-state index < -0.39 is 5.60 Å². The van der Waals surface area contributed by atoms with Crippen molar-refractivity contribution < 1.29 is 9.53 Å². The fourth-order valence-electron chi connectivity index (χ4n) is 1.83. The summed E-state index contributed by atoms with van der Waals surface area (Å²) in [4.78, 5) is 12.1. The summed E-state index contributed by atoms with van der Waals surface area (Å²) < 4.78 is 7.33. The van der Waals surface area contributed by atoms with Crippen molar-refractivity contribution in [2.75, 3.05) is 6.61 Å². The Kier molecular flexibility index (Phi) is 4.46. The Hall–Kier alpha value is -1.16. The van der Waals surface area contributed by atoms with E-state index in [1.54, 1.807) is 0 Å². The van der Waals surface area contributed by atoms with Crippen LogP contribution in [0.3, 0.4) is 0 Å². The normalized spacial score (nSPS) is 11.8. The van der Waals surface area contributed by atoms with Gasteiger partial charge in [-0.1, -0.05) is 0 Å². The van der Waals surface area contributed by atoms with Gasteiger partial charge in [-0.05, 0) is 40.7 Å². The minimum atomic E-state index is -0.717. The number of carbonyl (C=O) groups excluding carboxylic acids is 1. The van der Waals surface area contributed by atoms with Gasteiger partial charge in [0.1, 0.15) is 5.60 Å². The van der Waals surface area contributed by atoms with Crippen molar-refractivity contribution in [1.82, 2.24) is 9.78 Å². The predicted octanol–water partition coefficient (Wildman–Crippen LogP) is 2.14. The largest absolute Gasteiger partial charge is 0.368 e. The van der Waals surface area contributed by atoms with E-state index in [2.05, 4.69) is 5.10 Å². The Labute approximate surface area is 103 Å². The first-order valence-corrected chi connectivity index (χ1v) is 6.11. The van der Waals surface area contributed by atoms with Crippen LogP contribution in [0.15, 0.2) is 6.07 Å². The maximum absolute atomic E-state index is 12.1. The summed E-state index contributed by atoms with van der Waals surface area (Å²) in [5.74, 6) is 0.0916. The Morgan fingerprint density at radius 2 is 2.12 bits per heavy atom. The van der Waals surface area contributed by atoms with Gasteiger partial charge < -0.3 is 4.74 Å². The number of aryl methyl sites for hydroxylation is 2. The van der Waals surface area contributed by atoms with E-state index in [9.17, 15) is 4.79 Å². The molecule has 1 rings (SSSR count). The van der Waals surface area contributed by atoms with Crippen LogP contribution < -0.4 is 0 Å². The van der Waals surface area contributed by atoms with Gasteiger partial charge >= 0.3 is 0 Å². The SMILES string of the molecule is CCOC(C)(C)C(=O)Cc1cc(C)nn1CC. The minimum absolute atomic E-state index is 0.0916. The molecule has 17 heavy (non-hydrogen) atoms. The van der Waals surface area contributed by atoms with Gasteiger partial charge in [0.05, 0.1) is 12.1 Å². The molecule has 0 saturated carbocycles. The lowest BCUT2D eigenvalue weighted by atomic mass is 9.99. The molecule has 1 aromatic rings. The fourth-order valence-corrected chi connectivity index (χ4v) is 1.83. The minimum Gasteiger partial charge on any atom is -0.368 e. The lowest BCUT2D eigenvalue weighted by Crippen LogP contribution is -2.36. The summed E-state index contributed by atoms with van der Waals surface area (Å²) in [6.45, 7) is 10.8. The Balaban J connectivity index is 2.80. The van der Waals surface area contributed by atoms with Crippen LogP contribution in [0.25, 0.3) is 0 Å². The molecular weight excluding hydrogens is 216 g/mol. The molecule has 4 nitrogen and oxygen atoms in total. The third-order valence-electron chi connectivity index (χ3n) is 2.80. The van der Waals surface area contributed by atoms with E-state index in [4.69, 9.17) is 4.74 Å². The zero-order valence-corrected chi connectivity index (χ0v) is 11.4. The monoisotopic (exact) mass is 238 g/mol. The molecule has 0 aliphatic rings. The number of aromatic nitrogens is 2. The van der Waals surface area contributed by atoms with E-state index in [0.717, 1.165) is 17.9 Å². The van der Waals surface area contributed by atoms with Gasteiger partial charge in [-0.15, -0.1) is 0 Å². The molecule has 0 bridgehead atoms. The molecule has 0 radical (unpaired) electrons. The molecule has 0 unspecified atom stereocenters. The Bertz CT molecular complexity index is 394. The molecule has 0 aromatic carbocycles. The predicted molar refractivity (Wildman–Crippen MR) is 67.1 cm³/mol. The van der Waals surface area contributed by atoms with E-state index in [1.807, 2.05) is 45.4 Å². The standard InChI is InChI=1S/C13H22N2O2/c1-6-15-11(8-10(3)14-15)9-12(16)13(4,5)17-7-2/h8H,6-7,9H2,1-5H3. The van der Waals surface area contributed by atoms with Gasteiger partial charge in [-0.2, -0.15) is 5.10 Å². The van der Waals surface area contributed by atoms with Crippen LogP contribution in [0.5, 0.6) is 0 Å². The van der Waals surface area contributed by atoms with Gasteiger partial charge in [0, 0.05) is 18.8 Å². The molecule has 0 spiro atoms. The number of ether oxygens (including phenoxy) is 1. The van der Waals surface area contributed by atoms with Crippen LogP contribution in [0.2, 0.25) is 0 Å². The van der Waals surface area contributed by atoms with Gasteiger partial charge in [-0.3, -0.25) is 9.48 Å². The summed E-state index contributed by atoms with van der Waals surface area (Å²) in [7, 11) is 0. The zero-order valence-electron chi connectivity index (χ0n) is 11.4. The number of hydrogen-bond acceptors (Lipinski definition) is 3. The molecule has 0 aliphatic carbocycles. The van der Waals surface area contributed by atoms with Crippen molar-refractivity contribution in [3.63, 3.8) is 0 Å². The maximum atomic E-state index is 12.1. The van der Waals surface area contributed by atoms with E-state index in [1.165, 1.54) is 0 Å². The van der Waals surface area contributed by atoms with E-state index in [-0.39, 0.29) is 5.78 Å². The molecule has 1 aromatic heterocycles. The summed E-state index contributed by atoms with van der Waals surface area (Å²) in [5.41, 5.74) is 1.19. The molecule has 96 valence electrons. The first-order valence-electron chi connectivity index (χ1n) is 6.11. The topological polar surface area (TPSA) is 44.1 Å². The number of nitrogens with zero attached hydrogens (tertiary/aromatic N) is 2. The van der Waals surface area contributed by atoms with Crippen molar-refractivity contribution in [2.24, 2.45) is 0 Å². The Morgan fingerprint density at radius 1 is 1.47 bits per heavy atom. The van der Waals surface area contributed by atoms with Gasteiger partial charge in [-0.25, -0.2) is 0 Å². The number of rotatable bonds is 6. The quantitative estimate of drug-likeness (QED) is 0.762. The molecular formula is C13H22N2O2. The summed E-state index contributed by atoms with van der Waals surface area (Å²) in [5, 5.41) is 4.33. The van der Waals surface area contributed by atoms with Gasteiger partial charge in [0.25, 0.3) is 0 Å². The second-order valence-electron chi connectivity index (χ2n) is 4.64. The van der Waals surface area contributed by atoms with Crippen molar-refractivity contribution >= 4 is 5.78 Å². The van der Waals surface area contributed by atoms with Crippen LogP contribution in [-0.4, -0.2) is 27.8 Å². The molecule has 0 amide bonds.